The normalized spacial score (nSPS) is 24.4. The van der Waals surface area contributed by atoms with Crippen molar-refractivity contribution in [3.05, 3.63) is 104 Å². The maximum atomic E-state index is 14.5. The van der Waals surface area contributed by atoms with Crippen molar-refractivity contribution in [3.63, 3.8) is 0 Å². The summed E-state index contributed by atoms with van der Waals surface area (Å²) >= 11 is 0. The first-order chi connectivity index (χ1) is 19.6. The number of carbonyl (C=O) groups excluding carboxylic acids is 2. The van der Waals surface area contributed by atoms with Crippen LogP contribution in [0.25, 0.3) is 16.6 Å². The number of para-hydroxylation sites is 2. The van der Waals surface area contributed by atoms with Gasteiger partial charge in [-0.2, -0.15) is 0 Å². The molecule has 7 rings (SSSR count). The molecule has 0 radical (unpaired) electrons. The van der Waals surface area contributed by atoms with Crippen LogP contribution in [0.2, 0.25) is 0 Å². The number of nitro benzene ring substituents is 1. The smallest absolute Gasteiger partial charge is 0.269 e. The van der Waals surface area contributed by atoms with E-state index in [9.17, 15) is 24.5 Å². The lowest BCUT2D eigenvalue weighted by molar-refractivity contribution is -0.384. The lowest BCUT2D eigenvalue weighted by atomic mass is 9.75. The van der Waals surface area contributed by atoms with E-state index in [4.69, 9.17) is 4.98 Å². The van der Waals surface area contributed by atoms with Gasteiger partial charge in [-0.3, -0.25) is 34.4 Å². The van der Waals surface area contributed by atoms with Crippen LogP contribution in [0.5, 0.6) is 0 Å². The molecular weight excluding hydrogens is 522 g/mol. The second kappa shape index (κ2) is 8.65. The van der Waals surface area contributed by atoms with Gasteiger partial charge in [0.15, 0.2) is 0 Å². The molecule has 3 aliphatic heterocycles. The van der Waals surface area contributed by atoms with E-state index < -0.39 is 28.2 Å². The predicted molar refractivity (Wildman–Crippen MR) is 152 cm³/mol. The summed E-state index contributed by atoms with van der Waals surface area (Å²) in [6, 6.07) is 18.3. The fourth-order valence-corrected chi connectivity index (χ4v) is 7.17. The topological polar surface area (TPSA) is 127 Å². The highest BCUT2D eigenvalue weighted by atomic mass is 16.6. The number of carbonyl (C=O) groups is 2. The number of aromatic nitrogens is 2. The van der Waals surface area contributed by atoms with Gasteiger partial charge in [0.2, 0.25) is 11.8 Å². The Balaban J connectivity index is 1.49. The number of benzene rings is 3. The maximum Gasteiger partial charge on any atom is 0.269 e. The molecule has 4 aromatic rings. The van der Waals surface area contributed by atoms with Crippen LogP contribution in [0, 0.1) is 34.8 Å². The van der Waals surface area contributed by atoms with Crippen molar-refractivity contribution in [1.82, 2.24) is 14.9 Å². The summed E-state index contributed by atoms with van der Waals surface area (Å²) in [6.45, 7) is 5.78. The van der Waals surface area contributed by atoms with Crippen molar-refractivity contribution in [2.24, 2.45) is 17.8 Å². The molecule has 2 saturated heterocycles. The zero-order chi connectivity index (χ0) is 28.8. The van der Waals surface area contributed by atoms with Gasteiger partial charge in [-0.1, -0.05) is 44.2 Å². The summed E-state index contributed by atoms with van der Waals surface area (Å²) in [5.74, 6) is -1.76. The minimum Gasteiger partial charge on any atom is -0.297 e. The van der Waals surface area contributed by atoms with Crippen LogP contribution < -0.4 is 15.8 Å². The third kappa shape index (κ3) is 3.28. The van der Waals surface area contributed by atoms with Crippen molar-refractivity contribution in [3.8, 4) is 5.69 Å². The molecular formula is C31H27N5O5. The van der Waals surface area contributed by atoms with Gasteiger partial charge in [-0.05, 0) is 49.1 Å². The number of nitrogens with one attached hydrogen (secondary N) is 1. The fraction of sp³-hybridized carbons (Fsp3) is 0.290. The zero-order valence-corrected chi connectivity index (χ0v) is 22.7. The molecule has 3 aliphatic rings. The molecule has 1 spiro atoms. The molecule has 1 N–H and O–H groups in total. The molecule has 2 amide bonds. The Hall–Kier alpha value is -4.70. The first kappa shape index (κ1) is 25.3. The van der Waals surface area contributed by atoms with Crippen LogP contribution in [-0.2, 0) is 15.1 Å². The third-order valence-corrected chi connectivity index (χ3v) is 8.72. The second-order valence-corrected chi connectivity index (χ2v) is 11.5. The van der Waals surface area contributed by atoms with Crippen molar-refractivity contribution < 1.29 is 14.5 Å². The van der Waals surface area contributed by atoms with E-state index in [2.05, 4.69) is 19.2 Å². The summed E-state index contributed by atoms with van der Waals surface area (Å²) in [4.78, 5) is 59.7. The molecule has 4 atom stereocenters. The molecule has 1 aromatic heterocycles. The van der Waals surface area contributed by atoms with Crippen molar-refractivity contribution in [1.29, 1.82) is 0 Å². The van der Waals surface area contributed by atoms with Crippen LogP contribution in [0.3, 0.4) is 0 Å². The van der Waals surface area contributed by atoms with Gasteiger partial charge in [0.25, 0.3) is 11.2 Å². The summed E-state index contributed by atoms with van der Waals surface area (Å²) in [5, 5.41) is 15.5. The van der Waals surface area contributed by atoms with Crippen LogP contribution in [0.4, 0.5) is 11.4 Å². The second-order valence-electron chi connectivity index (χ2n) is 11.5. The molecule has 0 aliphatic carbocycles. The van der Waals surface area contributed by atoms with E-state index in [0.29, 0.717) is 40.1 Å². The summed E-state index contributed by atoms with van der Waals surface area (Å²) in [7, 11) is 0. The van der Waals surface area contributed by atoms with Crippen LogP contribution in [-0.4, -0.2) is 32.3 Å². The Labute approximate surface area is 234 Å². The number of nitrogens with zero attached hydrogens (tertiary/aromatic N) is 4. The van der Waals surface area contributed by atoms with Crippen LogP contribution in [0.1, 0.15) is 37.2 Å². The highest BCUT2D eigenvalue weighted by Gasteiger charge is 2.69. The van der Waals surface area contributed by atoms with E-state index >= 15 is 0 Å². The van der Waals surface area contributed by atoms with E-state index in [0.717, 1.165) is 5.56 Å². The Bertz CT molecular complexity index is 1880. The van der Waals surface area contributed by atoms with Crippen LogP contribution >= 0.6 is 0 Å². The Morgan fingerprint density at radius 3 is 2.46 bits per heavy atom. The van der Waals surface area contributed by atoms with Gasteiger partial charge in [0.05, 0.1) is 39.0 Å². The number of anilines is 1. The number of imide groups is 1. The first-order valence-electron chi connectivity index (χ1n) is 13.7. The molecule has 0 bridgehead atoms. The first-order valence-corrected chi connectivity index (χ1v) is 13.7. The number of fused-ring (bicyclic) bond motifs is 8. The number of nitro groups is 1. The van der Waals surface area contributed by atoms with E-state index in [1.807, 2.05) is 30.3 Å². The van der Waals surface area contributed by atoms with Crippen molar-refractivity contribution >= 4 is 34.1 Å². The number of aryl methyl sites for hydroxylation is 1. The minimum absolute atomic E-state index is 0.115. The average Bonchev–Trinajstić information content (AvgIpc) is 3.51. The van der Waals surface area contributed by atoms with Gasteiger partial charge >= 0.3 is 0 Å². The number of rotatable bonds is 4. The molecule has 4 heterocycles. The molecule has 206 valence electrons. The van der Waals surface area contributed by atoms with Crippen LogP contribution in [0.15, 0.2) is 71.5 Å². The summed E-state index contributed by atoms with van der Waals surface area (Å²) in [5.41, 5.74) is 1.08. The fourth-order valence-electron chi connectivity index (χ4n) is 7.17. The summed E-state index contributed by atoms with van der Waals surface area (Å²) in [6.07, 6.45) is 0.620. The maximum absolute atomic E-state index is 14.5. The van der Waals surface area contributed by atoms with Crippen molar-refractivity contribution in [2.75, 3.05) is 4.90 Å². The SMILES string of the molecule is Cc1cc([N+](=O)[O-])ccc1N1C(=O)[C@H]2[C@@H](CC(C)C)N[C@]3(c4ccccc4-n4c3nc3ccccc3c4=O)[C@H]2C1=O. The Morgan fingerprint density at radius 1 is 1.00 bits per heavy atom. The molecule has 10 heteroatoms. The van der Waals surface area contributed by atoms with E-state index in [1.165, 1.54) is 23.1 Å². The lowest BCUT2D eigenvalue weighted by Crippen LogP contribution is -2.50. The molecule has 0 unspecified atom stereocenters. The van der Waals surface area contributed by atoms with Gasteiger partial charge in [-0.25, -0.2) is 9.88 Å². The third-order valence-electron chi connectivity index (χ3n) is 8.72. The highest BCUT2D eigenvalue weighted by Crippen LogP contribution is 2.56. The predicted octanol–water partition coefficient (Wildman–Crippen LogP) is 3.98. The summed E-state index contributed by atoms with van der Waals surface area (Å²) < 4.78 is 1.58. The van der Waals surface area contributed by atoms with Gasteiger partial charge in [0.1, 0.15) is 11.4 Å². The van der Waals surface area contributed by atoms with E-state index in [-0.39, 0.29) is 29.1 Å². The largest absolute Gasteiger partial charge is 0.297 e. The van der Waals surface area contributed by atoms with Crippen molar-refractivity contribution in [2.45, 2.75) is 38.8 Å². The Kier molecular flexibility index (Phi) is 5.33. The molecule has 0 saturated carbocycles. The highest BCUT2D eigenvalue weighted by molar-refractivity contribution is 6.23. The Morgan fingerprint density at radius 2 is 1.73 bits per heavy atom. The number of non-ortho nitro benzene ring substituents is 1. The number of hydrogen-bond acceptors (Lipinski definition) is 7. The molecule has 10 nitrogen and oxygen atoms in total. The minimum atomic E-state index is -1.22. The standard InChI is InChI=1S/C31H27N5O5/c1-16(2)14-22-25-26(29(39)34(28(25)38)23-13-12-18(36(40)41)15-17(23)3)31(33-22)20-9-5-7-11-24(20)35-27(37)19-8-4-6-10-21(19)32-30(31)35/h4-13,15-16,22,25-26,33H,14H2,1-3H3/t22-,25+,26-,31-/m1/s1. The van der Waals surface area contributed by atoms with Gasteiger partial charge < -0.3 is 0 Å². The molecule has 3 aromatic carbocycles. The number of hydrogen-bond donors (Lipinski definition) is 1. The quantitative estimate of drug-likeness (QED) is 0.232. The average molecular weight is 550 g/mol. The molecule has 41 heavy (non-hydrogen) atoms. The zero-order valence-electron chi connectivity index (χ0n) is 22.7. The van der Waals surface area contributed by atoms with Gasteiger partial charge in [0, 0.05) is 23.7 Å². The number of amides is 2. The lowest BCUT2D eigenvalue weighted by Gasteiger charge is -2.32. The monoisotopic (exact) mass is 549 g/mol. The molecule has 2 fully saturated rings. The van der Waals surface area contributed by atoms with E-state index in [1.54, 1.807) is 29.7 Å². The van der Waals surface area contributed by atoms with Gasteiger partial charge in [-0.15, -0.1) is 0 Å².